The average molecular weight is 265 g/mol. The van der Waals surface area contributed by atoms with Crippen LogP contribution in [-0.4, -0.2) is 45.9 Å². The molecule has 1 aromatic rings. The number of nitrogens with two attached hydrogens (primary N) is 2. The molecular weight excluding hydrogens is 246 g/mol. The highest BCUT2D eigenvalue weighted by molar-refractivity contribution is 5.73. The van der Waals surface area contributed by atoms with E-state index in [1.165, 1.54) is 5.56 Å². The fourth-order valence-electron chi connectivity index (χ4n) is 2.83. The molecule has 7 heteroatoms. The first-order valence-electron chi connectivity index (χ1n) is 6.52. The molecule has 19 heavy (non-hydrogen) atoms. The maximum Gasteiger partial charge on any atom is 0.239 e. The van der Waals surface area contributed by atoms with Crippen molar-refractivity contribution in [3.8, 4) is 0 Å². The van der Waals surface area contributed by atoms with Crippen LogP contribution >= 0.6 is 0 Å². The highest BCUT2D eigenvalue weighted by Gasteiger charge is 2.31. The summed E-state index contributed by atoms with van der Waals surface area (Å²) in [5.41, 5.74) is 13.3. The number of primary amides is 1. The molecule has 2 aliphatic rings. The second kappa shape index (κ2) is 4.92. The molecule has 3 heterocycles. The normalized spacial score (nSPS) is 27.4. The molecule has 1 saturated heterocycles. The summed E-state index contributed by atoms with van der Waals surface area (Å²) >= 11 is 0. The van der Waals surface area contributed by atoms with Gasteiger partial charge in [0.2, 0.25) is 5.91 Å². The van der Waals surface area contributed by atoms with Crippen LogP contribution in [0.5, 0.6) is 0 Å². The van der Waals surface area contributed by atoms with E-state index in [0.29, 0.717) is 12.6 Å². The Hall–Kier alpha value is -1.44. The van der Waals surface area contributed by atoms with Gasteiger partial charge in [0.25, 0.3) is 0 Å². The van der Waals surface area contributed by atoms with Crippen molar-refractivity contribution < 1.29 is 9.53 Å². The molecule has 104 valence electrons. The van der Waals surface area contributed by atoms with Crippen LogP contribution in [0, 0.1) is 0 Å². The van der Waals surface area contributed by atoms with E-state index in [1.54, 1.807) is 4.68 Å². The summed E-state index contributed by atoms with van der Waals surface area (Å²) in [6.07, 6.45) is 2.87. The lowest BCUT2D eigenvalue weighted by molar-refractivity contribution is -0.118. The average Bonchev–Trinajstić information content (AvgIpc) is 2.85. The van der Waals surface area contributed by atoms with E-state index < -0.39 is 0 Å². The number of aromatic nitrogens is 2. The molecule has 7 nitrogen and oxygen atoms in total. The Morgan fingerprint density at radius 3 is 3.00 bits per heavy atom. The molecule has 1 amide bonds. The summed E-state index contributed by atoms with van der Waals surface area (Å²) in [6.45, 7) is 3.17. The molecule has 1 fully saturated rings. The van der Waals surface area contributed by atoms with Gasteiger partial charge in [0.1, 0.15) is 6.54 Å². The van der Waals surface area contributed by atoms with E-state index >= 15 is 0 Å². The topological polar surface area (TPSA) is 99.4 Å². The molecule has 2 atom stereocenters. The third kappa shape index (κ3) is 2.63. The number of hydrogen-bond donors (Lipinski definition) is 2. The maximum absolute atomic E-state index is 10.9. The van der Waals surface area contributed by atoms with Crippen LogP contribution in [0.2, 0.25) is 0 Å². The molecular formula is C12H19N5O2. The molecule has 0 saturated carbocycles. The standard InChI is InChI=1S/C12H19N5O2/c13-9-1-10(7-19-6-9)16-2-8-3-17(5-12(14)18)15-11(8)4-16/h3,9-10H,1-2,4-7,13H2,(H2,14,18)/t9-,10+/m0/s1. The van der Waals surface area contributed by atoms with Gasteiger partial charge in [0.15, 0.2) is 0 Å². The summed E-state index contributed by atoms with van der Waals surface area (Å²) < 4.78 is 7.12. The third-order valence-electron chi connectivity index (χ3n) is 3.70. The van der Waals surface area contributed by atoms with Crippen molar-refractivity contribution in [1.82, 2.24) is 14.7 Å². The predicted octanol–water partition coefficient (Wildman–Crippen LogP) is -1.20. The number of carbonyl (C=O) groups is 1. The van der Waals surface area contributed by atoms with Gasteiger partial charge < -0.3 is 16.2 Å². The summed E-state index contributed by atoms with van der Waals surface area (Å²) in [6, 6.07) is 0.490. The molecule has 2 aliphatic heterocycles. The van der Waals surface area contributed by atoms with Crippen LogP contribution in [0.25, 0.3) is 0 Å². The van der Waals surface area contributed by atoms with Gasteiger partial charge in [-0.25, -0.2) is 0 Å². The summed E-state index contributed by atoms with van der Waals surface area (Å²) in [5, 5.41) is 4.40. The molecule has 3 rings (SSSR count). The second-order valence-electron chi connectivity index (χ2n) is 5.36. The molecule has 0 radical (unpaired) electrons. The minimum absolute atomic E-state index is 0.126. The van der Waals surface area contributed by atoms with Crippen molar-refractivity contribution in [2.75, 3.05) is 13.2 Å². The first-order chi connectivity index (χ1) is 9.11. The lowest BCUT2D eigenvalue weighted by Crippen LogP contribution is -2.46. The fraction of sp³-hybridized carbons (Fsp3) is 0.667. The zero-order chi connectivity index (χ0) is 13.4. The summed E-state index contributed by atoms with van der Waals surface area (Å²) in [7, 11) is 0. The Kier molecular flexibility index (Phi) is 3.26. The van der Waals surface area contributed by atoms with Crippen molar-refractivity contribution in [3.63, 3.8) is 0 Å². The minimum Gasteiger partial charge on any atom is -0.378 e. The van der Waals surface area contributed by atoms with Gasteiger partial charge in [-0.2, -0.15) is 5.10 Å². The Bertz CT molecular complexity index is 463. The maximum atomic E-state index is 10.9. The molecule has 0 spiro atoms. The number of carbonyl (C=O) groups excluding carboxylic acids is 1. The van der Waals surface area contributed by atoms with Crippen molar-refractivity contribution >= 4 is 5.91 Å². The van der Waals surface area contributed by atoms with Crippen molar-refractivity contribution in [2.24, 2.45) is 11.5 Å². The first kappa shape index (κ1) is 12.6. The van der Waals surface area contributed by atoms with Crippen LogP contribution in [0.1, 0.15) is 17.7 Å². The van der Waals surface area contributed by atoms with E-state index in [0.717, 1.165) is 31.8 Å². The van der Waals surface area contributed by atoms with Crippen LogP contribution in [0.15, 0.2) is 6.20 Å². The van der Waals surface area contributed by atoms with Gasteiger partial charge in [-0.3, -0.25) is 14.4 Å². The first-order valence-corrected chi connectivity index (χ1v) is 6.52. The molecule has 4 N–H and O–H groups in total. The fourth-order valence-corrected chi connectivity index (χ4v) is 2.83. The van der Waals surface area contributed by atoms with Crippen LogP contribution < -0.4 is 11.5 Å². The summed E-state index contributed by atoms with van der Waals surface area (Å²) in [4.78, 5) is 13.2. The van der Waals surface area contributed by atoms with E-state index in [9.17, 15) is 4.79 Å². The van der Waals surface area contributed by atoms with Crippen molar-refractivity contribution in [2.45, 2.75) is 38.1 Å². The van der Waals surface area contributed by atoms with E-state index in [2.05, 4.69) is 10.00 Å². The lowest BCUT2D eigenvalue weighted by Gasteiger charge is -2.33. The zero-order valence-corrected chi connectivity index (χ0v) is 10.8. The van der Waals surface area contributed by atoms with Crippen LogP contribution in [0.3, 0.4) is 0 Å². The van der Waals surface area contributed by atoms with Crippen molar-refractivity contribution in [3.05, 3.63) is 17.5 Å². The molecule has 1 aromatic heterocycles. The molecule has 0 unspecified atom stereocenters. The monoisotopic (exact) mass is 265 g/mol. The lowest BCUT2D eigenvalue weighted by atomic mass is 10.1. The number of amides is 1. The Labute approximate surface area is 111 Å². The Morgan fingerprint density at radius 2 is 2.32 bits per heavy atom. The van der Waals surface area contributed by atoms with E-state index in [4.69, 9.17) is 16.2 Å². The largest absolute Gasteiger partial charge is 0.378 e. The van der Waals surface area contributed by atoms with Crippen LogP contribution in [0.4, 0.5) is 0 Å². The number of fused-ring (bicyclic) bond motifs is 1. The quantitative estimate of drug-likeness (QED) is 0.715. The summed E-state index contributed by atoms with van der Waals surface area (Å²) in [5.74, 6) is -0.371. The number of nitrogens with zero attached hydrogens (tertiary/aromatic N) is 3. The number of ether oxygens (including phenoxy) is 1. The van der Waals surface area contributed by atoms with Gasteiger partial charge >= 0.3 is 0 Å². The molecule has 0 bridgehead atoms. The van der Waals surface area contributed by atoms with Gasteiger partial charge in [-0.05, 0) is 6.42 Å². The second-order valence-corrected chi connectivity index (χ2v) is 5.36. The predicted molar refractivity (Wildman–Crippen MR) is 67.9 cm³/mol. The van der Waals surface area contributed by atoms with E-state index in [-0.39, 0.29) is 18.5 Å². The SMILES string of the molecule is NC(=O)Cn1cc2c(n1)CN([C@H]1COC[C@@H](N)C1)C2. The van der Waals surface area contributed by atoms with Gasteiger partial charge in [-0.15, -0.1) is 0 Å². The number of hydrogen-bond acceptors (Lipinski definition) is 5. The Morgan fingerprint density at radius 1 is 1.47 bits per heavy atom. The molecule has 0 aromatic carbocycles. The van der Waals surface area contributed by atoms with Gasteiger partial charge in [0, 0.05) is 36.9 Å². The van der Waals surface area contributed by atoms with Crippen molar-refractivity contribution in [1.29, 1.82) is 0 Å². The van der Waals surface area contributed by atoms with Crippen LogP contribution in [-0.2, 0) is 29.2 Å². The van der Waals surface area contributed by atoms with Gasteiger partial charge in [0.05, 0.1) is 18.9 Å². The van der Waals surface area contributed by atoms with Gasteiger partial charge in [-0.1, -0.05) is 0 Å². The zero-order valence-electron chi connectivity index (χ0n) is 10.8. The highest BCUT2D eigenvalue weighted by Crippen LogP contribution is 2.26. The van der Waals surface area contributed by atoms with E-state index in [1.807, 2.05) is 6.20 Å². The smallest absolute Gasteiger partial charge is 0.239 e. The molecule has 0 aliphatic carbocycles. The third-order valence-corrected chi connectivity index (χ3v) is 3.70. The minimum atomic E-state index is -0.371. The Balaban J connectivity index is 1.64. The highest BCUT2D eigenvalue weighted by atomic mass is 16.5. The number of rotatable bonds is 3.